The number of hydrogen-bond acceptors (Lipinski definition) is 8. The molecule has 4 aromatic rings. The van der Waals surface area contributed by atoms with E-state index in [1.165, 1.54) is 24.2 Å². The summed E-state index contributed by atoms with van der Waals surface area (Å²) in [4.78, 5) is 18.5. The molecule has 10 heteroatoms. The van der Waals surface area contributed by atoms with Gasteiger partial charge in [-0.15, -0.1) is 0 Å². The molecule has 0 spiro atoms. The lowest BCUT2D eigenvalue weighted by Crippen LogP contribution is -2.43. The number of nitrogens with zero attached hydrogens (tertiary/aromatic N) is 7. The molecule has 3 aromatic heterocycles. The number of ether oxygens (including phenoxy) is 1. The van der Waals surface area contributed by atoms with Crippen molar-refractivity contribution < 1.29 is 9.13 Å². The van der Waals surface area contributed by atoms with Crippen molar-refractivity contribution in [3.8, 4) is 11.3 Å². The summed E-state index contributed by atoms with van der Waals surface area (Å²) >= 11 is 1.47. The van der Waals surface area contributed by atoms with Gasteiger partial charge in [0.1, 0.15) is 16.6 Å². The predicted octanol–water partition coefficient (Wildman–Crippen LogP) is 4.76. The van der Waals surface area contributed by atoms with Crippen LogP contribution in [0.25, 0.3) is 21.6 Å². The van der Waals surface area contributed by atoms with Gasteiger partial charge in [-0.05, 0) is 44.4 Å². The maximum atomic E-state index is 15.1. The van der Waals surface area contributed by atoms with Crippen LogP contribution in [0.15, 0.2) is 30.6 Å². The lowest BCUT2D eigenvalue weighted by atomic mass is 10.1. The van der Waals surface area contributed by atoms with E-state index in [1.807, 2.05) is 42.9 Å². The van der Waals surface area contributed by atoms with Gasteiger partial charge in [-0.2, -0.15) is 15.1 Å². The first-order valence-corrected chi connectivity index (χ1v) is 12.7. The van der Waals surface area contributed by atoms with Crippen LogP contribution in [0.1, 0.15) is 43.0 Å². The molecule has 2 fully saturated rings. The highest BCUT2D eigenvalue weighted by atomic mass is 32.1. The Bertz CT molecular complexity index is 1400. The number of aryl methyl sites for hydroxylation is 1. The van der Waals surface area contributed by atoms with E-state index in [0.29, 0.717) is 42.0 Å². The zero-order valence-electron chi connectivity index (χ0n) is 20.3. The molecule has 35 heavy (non-hydrogen) atoms. The molecular weight excluding hydrogens is 465 g/mol. The summed E-state index contributed by atoms with van der Waals surface area (Å²) in [7, 11) is 3.88. The second kappa shape index (κ2) is 8.53. The number of halogens is 1. The topological polar surface area (TPSA) is 72.2 Å². The van der Waals surface area contributed by atoms with Gasteiger partial charge in [-0.25, -0.2) is 9.37 Å². The van der Waals surface area contributed by atoms with Crippen LogP contribution in [-0.4, -0.2) is 58.0 Å². The van der Waals surface area contributed by atoms with Crippen molar-refractivity contribution in [1.82, 2.24) is 24.7 Å². The molecule has 2 aliphatic rings. The van der Waals surface area contributed by atoms with Crippen molar-refractivity contribution in [3.63, 3.8) is 0 Å². The summed E-state index contributed by atoms with van der Waals surface area (Å²) in [5.41, 5.74) is 3.54. The quantitative estimate of drug-likeness (QED) is 0.397. The second-order valence-electron chi connectivity index (χ2n) is 9.72. The Morgan fingerprint density at radius 2 is 1.97 bits per heavy atom. The molecular formula is C25H28FN7OS. The van der Waals surface area contributed by atoms with Crippen molar-refractivity contribution in [2.45, 2.75) is 44.9 Å². The highest BCUT2D eigenvalue weighted by Gasteiger charge is 2.32. The zero-order chi connectivity index (χ0) is 24.3. The van der Waals surface area contributed by atoms with Gasteiger partial charge >= 0.3 is 0 Å². The van der Waals surface area contributed by atoms with Gasteiger partial charge in [-0.1, -0.05) is 17.4 Å². The number of rotatable bonds is 5. The molecule has 182 valence electrons. The summed E-state index contributed by atoms with van der Waals surface area (Å²) in [6.07, 6.45) is 6.20. The van der Waals surface area contributed by atoms with Gasteiger partial charge in [0.25, 0.3) is 0 Å². The van der Waals surface area contributed by atoms with Crippen molar-refractivity contribution in [2.24, 2.45) is 0 Å². The molecule has 0 unspecified atom stereocenters. The number of aromatic nitrogens is 5. The van der Waals surface area contributed by atoms with Gasteiger partial charge in [0.15, 0.2) is 10.8 Å². The van der Waals surface area contributed by atoms with E-state index < -0.39 is 0 Å². The Morgan fingerprint density at radius 1 is 1.14 bits per heavy atom. The Balaban J connectivity index is 1.41. The molecule has 4 heterocycles. The second-order valence-corrected chi connectivity index (χ2v) is 10.7. The molecule has 1 aliphatic carbocycles. The summed E-state index contributed by atoms with van der Waals surface area (Å²) < 4.78 is 24.2. The van der Waals surface area contributed by atoms with Crippen molar-refractivity contribution >= 4 is 32.8 Å². The Kier molecular flexibility index (Phi) is 5.45. The van der Waals surface area contributed by atoms with E-state index >= 15 is 4.39 Å². The predicted molar refractivity (Wildman–Crippen MR) is 136 cm³/mol. The third-order valence-electron chi connectivity index (χ3n) is 6.45. The lowest BCUT2D eigenvalue weighted by molar-refractivity contribution is -0.0178. The highest BCUT2D eigenvalue weighted by Crippen LogP contribution is 2.38. The van der Waals surface area contributed by atoms with Gasteiger partial charge in [0.05, 0.1) is 30.6 Å². The zero-order valence-corrected chi connectivity index (χ0v) is 21.1. The smallest absolute Gasteiger partial charge is 0.228 e. The fourth-order valence-electron chi connectivity index (χ4n) is 4.49. The van der Waals surface area contributed by atoms with Crippen LogP contribution in [0.5, 0.6) is 0 Å². The van der Waals surface area contributed by atoms with E-state index in [2.05, 4.69) is 23.1 Å². The Hall–Kier alpha value is -3.11. The Morgan fingerprint density at radius 3 is 2.71 bits per heavy atom. The molecule has 0 amide bonds. The first-order valence-electron chi connectivity index (χ1n) is 11.9. The molecule has 8 nitrogen and oxygen atoms in total. The summed E-state index contributed by atoms with van der Waals surface area (Å²) in [6.45, 7) is 5.16. The van der Waals surface area contributed by atoms with E-state index in [0.717, 1.165) is 21.0 Å². The normalized spacial score (nSPS) is 20.5. The monoisotopic (exact) mass is 493 g/mol. The molecule has 1 aliphatic heterocycles. The van der Waals surface area contributed by atoms with Crippen LogP contribution in [0.3, 0.4) is 0 Å². The van der Waals surface area contributed by atoms with Gasteiger partial charge < -0.3 is 14.5 Å². The molecule has 1 aromatic carbocycles. The SMILES string of the molecule is Cc1ccc(-c2nc(N3C[C@@H](C)O[C@@H](c4cnn(C5CC5)c4)C3)nc3nc(N(C)C)sc23)c(F)c1. The fraction of sp³-hybridized carbons (Fsp3) is 0.440. The third-order valence-corrected chi connectivity index (χ3v) is 7.67. The third kappa shape index (κ3) is 4.25. The summed E-state index contributed by atoms with van der Waals surface area (Å²) in [5.74, 6) is 0.245. The van der Waals surface area contributed by atoms with E-state index in [9.17, 15) is 0 Å². The number of fused-ring (bicyclic) bond motifs is 1. The van der Waals surface area contributed by atoms with Gasteiger partial charge in [-0.3, -0.25) is 4.68 Å². The molecule has 6 rings (SSSR count). The van der Waals surface area contributed by atoms with Crippen LogP contribution in [0, 0.1) is 12.7 Å². The van der Waals surface area contributed by atoms with Gasteiger partial charge in [0.2, 0.25) is 5.95 Å². The fourth-order valence-corrected chi connectivity index (χ4v) is 5.42. The molecule has 0 N–H and O–H groups in total. The van der Waals surface area contributed by atoms with Crippen LogP contribution in [0.2, 0.25) is 0 Å². The van der Waals surface area contributed by atoms with Crippen LogP contribution >= 0.6 is 11.3 Å². The first kappa shape index (κ1) is 22.4. The van der Waals surface area contributed by atoms with E-state index in [-0.39, 0.29) is 18.0 Å². The van der Waals surface area contributed by atoms with Crippen molar-refractivity contribution in [2.75, 3.05) is 37.0 Å². The molecule has 1 saturated carbocycles. The average Bonchev–Trinajstić information content (AvgIpc) is 3.38. The standard InChI is InChI=1S/C25H28FN7OS/c1-14-5-8-18(19(26)9-14)21-22-23(30-25(35-22)31(3)4)29-24(28-21)32-11-15(2)34-20(13-32)16-10-27-33(12-16)17-6-7-17/h5,8-10,12,15,17,20H,6-7,11,13H2,1-4H3/t15-,20-/m1/s1. The van der Waals surface area contributed by atoms with E-state index in [4.69, 9.17) is 19.7 Å². The van der Waals surface area contributed by atoms with Crippen LogP contribution in [-0.2, 0) is 4.74 Å². The Labute approximate surface area is 207 Å². The molecule has 0 radical (unpaired) electrons. The molecule has 1 saturated heterocycles. The number of anilines is 2. The van der Waals surface area contributed by atoms with Crippen LogP contribution in [0.4, 0.5) is 15.5 Å². The minimum atomic E-state index is -0.295. The van der Waals surface area contributed by atoms with E-state index in [1.54, 1.807) is 12.1 Å². The minimum Gasteiger partial charge on any atom is -0.367 e. The maximum Gasteiger partial charge on any atom is 0.228 e. The number of thiazole rings is 1. The van der Waals surface area contributed by atoms with Crippen molar-refractivity contribution in [1.29, 1.82) is 0 Å². The first-order chi connectivity index (χ1) is 16.9. The molecule has 2 atom stereocenters. The highest BCUT2D eigenvalue weighted by molar-refractivity contribution is 7.22. The average molecular weight is 494 g/mol. The lowest BCUT2D eigenvalue weighted by Gasteiger charge is -2.36. The summed E-state index contributed by atoms with van der Waals surface area (Å²) in [6, 6.07) is 5.77. The number of morpholine rings is 1. The number of hydrogen-bond donors (Lipinski definition) is 0. The summed E-state index contributed by atoms with van der Waals surface area (Å²) in [5, 5.41) is 5.35. The van der Waals surface area contributed by atoms with Crippen LogP contribution < -0.4 is 9.80 Å². The molecule has 0 bridgehead atoms. The largest absolute Gasteiger partial charge is 0.367 e. The number of benzene rings is 1. The minimum absolute atomic E-state index is 0.0235. The maximum absolute atomic E-state index is 15.1. The van der Waals surface area contributed by atoms with Crippen molar-refractivity contribution in [3.05, 3.63) is 47.5 Å². The van der Waals surface area contributed by atoms with Gasteiger partial charge in [0, 0.05) is 38.0 Å².